The Labute approximate surface area is 160 Å². The lowest BCUT2D eigenvalue weighted by atomic mass is 9.75. The summed E-state index contributed by atoms with van der Waals surface area (Å²) in [4.78, 5) is 2.57. The number of hydrogen-bond acceptors (Lipinski definition) is 3. The van der Waals surface area contributed by atoms with E-state index in [1.807, 2.05) is 23.5 Å². The first-order chi connectivity index (χ1) is 12.2. The molecule has 3 heteroatoms. The number of unbranched alkanes of at least 4 members (excludes halogenated alkanes) is 1. The molecule has 2 aromatic rings. The maximum Gasteiger partial charge on any atom is 0.0767 e. The van der Waals surface area contributed by atoms with Crippen molar-refractivity contribution in [3.8, 4) is 0 Å². The number of rotatable bonds is 6. The monoisotopic (exact) mass is 372 g/mol. The maximum absolute atomic E-state index is 11.6. The summed E-state index contributed by atoms with van der Waals surface area (Å²) in [7, 11) is 0. The van der Waals surface area contributed by atoms with E-state index in [0.717, 1.165) is 18.6 Å². The van der Waals surface area contributed by atoms with Crippen LogP contribution >= 0.6 is 23.5 Å². The van der Waals surface area contributed by atoms with Crippen LogP contribution in [0.3, 0.4) is 0 Å². The summed E-state index contributed by atoms with van der Waals surface area (Å²) in [5.41, 5.74) is 1.28. The van der Waals surface area contributed by atoms with E-state index in [1.165, 1.54) is 28.2 Å². The fraction of sp³-hybridized carbons (Fsp3) is 0.455. The van der Waals surface area contributed by atoms with E-state index in [1.54, 1.807) is 0 Å². The van der Waals surface area contributed by atoms with Crippen LogP contribution in [0, 0.1) is 5.41 Å². The molecule has 1 heterocycles. The molecule has 134 valence electrons. The highest BCUT2D eigenvalue weighted by molar-refractivity contribution is 8.00. The first-order valence-electron chi connectivity index (χ1n) is 9.31. The van der Waals surface area contributed by atoms with Gasteiger partial charge in [-0.1, -0.05) is 63.1 Å². The van der Waals surface area contributed by atoms with Crippen molar-refractivity contribution in [2.24, 2.45) is 5.41 Å². The van der Waals surface area contributed by atoms with Crippen molar-refractivity contribution in [1.82, 2.24) is 0 Å². The second-order valence-corrected chi connectivity index (χ2v) is 9.17. The lowest BCUT2D eigenvalue weighted by molar-refractivity contribution is 0.0286. The van der Waals surface area contributed by atoms with Crippen molar-refractivity contribution in [3.63, 3.8) is 0 Å². The molecule has 2 aromatic carbocycles. The molecule has 0 radical (unpaired) electrons. The number of aliphatic hydroxyl groups is 1. The number of fused-ring (bicyclic) bond motifs is 1. The zero-order chi connectivity index (χ0) is 17.7. The van der Waals surface area contributed by atoms with Gasteiger partial charge >= 0.3 is 0 Å². The summed E-state index contributed by atoms with van der Waals surface area (Å²) in [6.07, 6.45) is 4.17. The van der Waals surface area contributed by atoms with Crippen molar-refractivity contribution in [3.05, 3.63) is 60.2 Å². The average molecular weight is 373 g/mol. The molecule has 25 heavy (non-hydrogen) atoms. The molecule has 0 saturated heterocycles. The van der Waals surface area contributed by atoms with Crippen molar-refractivity contribution >= 4 is 23.5 Å². The third kappa shape index (κ3) is 4.10. The quantitative estimate of drug-likeness (QED) is 0.619. The molecule has 0 spiro atoms. The van der Waals surface area contributed by atoms with E-state index in [4.69, 9.17) is 0 Å². The number of benzene rings is 2. The lowest BCUT2D eigenvalue weighted by Crippen LogP contribution is -2.39. The standard InChI is InChI=1S/C22H28OS2/c1-3-5-15-22(4-2)16-24-19-14-10-9-13-18(19)20(21(22)23)25-17-11-7-6-8-12-17/h6-14,20-21,23H,3-5,15-16H2,1-2H3/t20?,21?,22-/m1/s1. The highest BCUT2D eigenvalue weighted by atomic mass is 32.2. The van der Waals surface area contributed by atoms with Gasteiger partial charge in [0, 0.05) is 21.0 Å². The summed E-state index contributed by atoms with van der Waals surface area (Å²) < 4.78 is 0. The molecule has 1 aliphatic heterocycles. The Kier molecular flexibility index (Phi) is 6.54. The van der Waals surface area contributed by atoms with E-state index in [-0.39, 0.29) is 16.8 Å². The Hall–Kier alpha value is -0.900. The molecule has 3 atom stereocenters. The zero-order valence-electron chi connectivity index (χ0n) is 15.2. The van der Waals surface area contributed by atoms with Crippen molar-refractivity contribution in [2.75, 3.05) is 5.75 Å². The van der Waals surface area contributed by atoms with E-state index in [9.17, 15) is 5.11 Å². The molecule has 0 fully saturated rings. The lowest BCUT2D eigenvalue weighted by Gasteiger charge is -2.39. The number of hydrogen-bond donors (Lipinski definition) is 1. The van der Waals surface area contributed by atoms with Gasteiger partial charge in [0.15, 0.2) is 0 Å². The Morgan fingerprint density at radius 2 is 1.80 bits per heavy atom. The van der Waals surface area contributed by atoms with E-state index in [2.05, 4.69) is 68.4 Å². The van der Waals surface area contributed by atoms with Crippen molar-refractivity contribution in [1.29, 1.82) is 0 Å². The molecule has 0 aliphatic carbocycles. The van der Waals surface area contributed by atoms with E-state index >= 15 is 0 Å². The molecule has 0 amide bonds. The second kappa shape index (κ2) is 8.66. The molecule has 0 bridgehead atoms. The van der Waals surface area contributed by atoms with Crippen molar-refractivity contribution < 1.29 is 5.11 Å². The Morgan fingerprint density at radius 1 is 1.08 bits per heavy atom. The Balaban J connectivity index is 1.99. The average Bonchev–Trinajstić information content (AvgIpc) is 2.78. The molecule has 1 nitrogen and oxygen atoms in total. The number of aliphatic hydroxyl groups excluding tert-OH is 1. The fourth-order valence-electron chi connectivity index (χ4n) is 3.66. The van der Waals surface area contributed by atoms with Gasteiger partial charge < -0.3 is 5.11 Å². The minimum atomic E-state index is -0.328. The molecule has 0 saturated carbocycles. The summed E-state index contributed by atoms with van der Waals surface area (Å²) in [5.74, 6) is 1.01. The normalized spacial score (nSPS) is 26.0. The summed E-state index contributed by atoms with van der Waals surface area (Å²) >= 11 is 3.75. The minimum Gasteiger partial charge on any atom is -0.391 e. The van der Waals surface area contributed by atoms with Gasteiger partial charge in [0.2, 0.25) is 0 Å². The van der Waals surface area contributed by atoms with Crippen LogP contribution in [-0.4, -0.2) is 17.0 Å². The predicted molar refractivity (Wildman–Crippen MR) is 110 cm³/mol. The van der Waals surface area contributed by atoms with Gasteiger partial charge in [-0.3, -0.25) is 0 Å². The van der Waals surface area contributed by atoms with Gasteiger partial charge in [-0.15, -0.1) is 23.5 Å². The minimum absolute atomic E-state index is 0.00779. The summed E-state index contributed by atoms with van der Waals surface area (Å²) in [6, 6.07) is 19.2. The highest BCUT2D eigenvalue weighted by Gasteiger charge is 2.44. The van der Waals surface area contributed by atoms with Gasteiger partial charge in [-0.05, 0) is 36.6 Å². The summed E-state index contributed by atoms with van der Waals surface area (Å²) in [6.45, 7) is 4.49. The van der Waals surface area contributed by atoms with Crippen LogP contribution in [0.5, 0.6) is 0 Å². The molecule has 1 N–H and O–H groups in total. The smallest absolute Gasteiger partial charge is 0.0767 e. The van der Waals surface area contributed by atoms with Gasteiger partial charge in [-0.25, -0.2) is 0 Å². The SMILES string of the molecule is CCCC[C@]1(CC)CSc2ccccc2C(Sc2ccccc2)C1O. The van der Waals surface area contributed by atoms with E-state index in [0.29, 0.717) is 0 Å². The van der Waals surface area contributed by atoms with Crippen LogP contribution in [0.4, 0.5) is 0 Å². The molecule has 0 aromatic heterocycles. The number of thioether (sulfide) groups is 2. The predicted octanol–water partition coefficient (Wildman–Crippen LogP) is 6.57. The van der Waals surface area contributed by atoms with Crippen LogP contribution in [0.1, 0.15) is 50.3 Å². The fourth-order valence-corrected chi connectivity index (χ4v) is 6.59. The van der Waals surface area contributed by atoms with Crippen LogP contribution in [0.15, 0.2) is 64.4 Å². The molecular formula is C22H28OS2. The van der Waals surface area contributed by atoms with Crippen molar-refractivity contribution in [2.45, 2.75) is 60.7 Å². The van der Waals surface area contributed by atoms with Gasteiger partial charge in [0.25, 0.3) is 0 Å². The maximum atomic E-state index is 11.6. The second-order valence-electron chi connectivity index (χ2n) is 6.94. The zero-order valence-corrected chi connectivity index (χ0v) is 16.8. The van der Waals surface area contributed by atoms with Crippen LogP contribution in [0.2, 0.25) is 0 Å². The van der Waals surface area contributed by atoms with Crippen LogP contribution in [-0.2, 0) is 0 Å². The Bertz CT molecular complexity index is 673. The summed E-state index contributed by atoms with van der Waals surface area (Å²) in [5, 5.41) is 11.6. The first-order valence-corrected chi connectivity index (χ1v) is 11.2. The third-order valence-corrected chi connectivity index (χ3v) is 8.11. The third-order valence-electron chi connectivity index (χ3n) is 5.39. The molecular weight excluding hydrogens is 344 g/mol. The van der Waals surface area contributed by atoms with Gasteiger partial charge in [0.1, 0.15) is 0 Å². The molecule has 2 unspecified atom stereocenters. The molecule has 3 rings (SSSR count). The topological polar surface area (TPSA) is 20.2 Å². The highest BCUT2D eigenvalue weighted by Crippen LogP contribution is 2.53. The van der Waals surface area contributed by atoms with Gasteiger partial charge in [0.05, 0.1) is 11.4 Å². The van der Waals surface area contributed by atoms with Gasteiger partial charge in [-0.2, -0.15) is 0 Å². The van der Waals surface area contributed by atoms with Crippen LogP contribution < -0.4 is 0 Å². The molecule has 1 aliphatic rings. The Morgan fingerprint density at radius 3 is 2.52 bits per heavy atom. The van der Waals surface area contributed by atoms with Crippen LogP contribution in [0.25, 0.3) is 0 Å². The van der Waals surface area contributed by atoms with E-state index < -0.39 is 0 Å². The first kappa shape index (κ1) is 18.9. The largest absolute Gasteiger partial charge is 0.391 e.